The van der Waals surface area contributed by atoms with Crippen LogP contribution in [-0.4, -0.2) is 86.8 Å². The highest BCUT2D eigenvalue weighted by Gasteiger charge is 2.44. The Morgan fingerprint density at radius 3 is 2.17 bits per heavy atom. The Kier molecular flexibility index (Phi) is 6.77. The molecule has 3 amide bonds. The lowest BCUT2D eigenvalue weighted by atomic mass is 10.1. The minimum absolute atomic E-state index is 0.0205. The summed E-state index contributed by atoms with van der Waals surface area (Å²) in [7, 11) is 0. The van der Waals surface area contributed by atoms with Gasteiger partial charge < -0.3 is 25.2 Å². The topological polar surface area (TPSA) is 136 Å². The van der Waals surface area contributed by atoms with Crippen LogP contribution in [0.4, 0.5) is 4.79 Å². The summed E-state index contributed by atoms with van der Waals surface area (Å²) in [6.45, 7) is 8.55. The Bertz CT molecular complexity index is 673. The van der Waals surface area contributed by atoms with E-state index in [0.717, 1.165) is 0 Å². The van der Waals surface area contributed by atoms with E-state index in [1.165, 1.54) is 9.80 Å². The first kappa shape index (κ1) is 22.9. The van der Waals surface area contributed by atoms with Gasteiger partial charge in [0.25, 0.3) is 0 Å². The number of aliphatic hydroxyl groups is 1. The van der Waals surface area contributed by atoms with E-state index in [9.17, 15) is 29.4 Å². The Morgan fingerprint density at radius 1 is 1.03 bits per heavy atom. The summed E-state index contributed by atoms with van der Waals surface area (Å²) in [6, 6.07) is -2.48. The Hall–Kier alpha value is -2.36. The van der Waals surface area contributed by atoms with E-state index >= 15 is 0 Å². The number of amides is 3. The van der Waals surface area contributed by atoms with Gasteiger partial charge in [-0.25, -0.2) is 9.59 Å². The molecular weight excluding hydrogens is 382 g/mol. The quantitative estimate of drug-likeness (QED) is 0.598. The van der Waals surface area contributed by atoms with Crippen LogP contribution in [0.5, 0.6) is 0 Å². The first-order valence-electron chi connectivity index (χ1n) is 9.81. The van der Waals surface area contributed by atoms with E-state index in [-0.39, 0.29) is 37.8 Å². The lowest BCUT2D eigenvalue weighted by Crippen LogP contribution is -2.50. The molecule has 2 aliphatic heterocycles. The summed E-state index contributed by atoms with van der Waals surface area (Å²) >= 11 is 0. The monoisotopic (exact) mass is 413 g/mol. The molecule has 2 heterocycles. The fourth-order valence-corrected chi connectivity index (χ4v) is 3.63. The number of nitrogens with one attached hydrogen (secondary N) is 1. The van der Waals surface area contributed by atoms with Crippen LogP contribution in [0.2, 0.25) is 0 Å². The van der Waals surface area contributed by atoms with Gasteiger partial charge in [-0.15, -0.1) is 0 Å². The Balaban J connectivity index is 2.07. The molecule has 0 aromatic rings. The average molecular weight is 413 g/mol. The summed E-state index contributed by atoms with van der Waals surface area (Å²) in [4.78, 5) is 51.5. The molecular formula is C19H31N3O7. The highest BCUT2D eigenvalue weighted by atomic mass is 16.6. The molecule has 3 N–H and O–H groups in total. The number of rotatable bonds is 4. The van der Waals surface area contributed by atoms with E-state index in [2.05, 4.69) is 5.32 Å². The molecule has 0 bridgehead atoms. The SMILES string of the molecule is CC(C)C(=O)N1C[C@H](NC(=O)[C@@H]2C[C@H](O)CN2C(=O)OC(C)(C)C)C[C@@H]1C(=O)O. The van der Waals surface area contributed by atoms with Crippen LogP contribution in [0.3, 0.4) is 0 Å². The Labute approximate surface area is 170 Å². The molecule has 164 valence electrons. The molecule has 0 aliphatic carbocycles. The minimum Gasteiger partial charge on any atom is -0.480 e. The second-order valence-corrected chi connectivity index (χ2v) is 8.98. The van der Waals surface area contributed by atoms with Crippen molar-refractivity contribution in [2.24, 2.45) is 5.92 Å². The van der Waals surface area contributed by atoms with Crippen LogP contribution < -0.4 is 5.32 Å². The number of carbonyl (C=O) groups excluding carboxylic acids is 3. The molecule has 0 saturated carbocycles. The van der Waals surface area contributed by atoms with Crippen molar-refractivity contribution in [3.63, 3.8) is 0 Å². The van der Waals surface area contributed by atoms with Gasteiger partial charge in [-0.05, 0) is 20.8 Å². The number of likely N-dealkylation sites (tertiary alicyclic amines) is 2. The molecule has 2 saturated heterocycles. The van der Waals surface area contributed by atoms with Gasteiger partial charge in [-0.3, -0.25) is 14.5 Å². The standard InChI is InChI=1S/C19H31N3O7/c1-10(2)16(25)21-8-11(6-14(21)17(26)27)20-15(24)13-7-12(23)9-22(13)18(28)29-19(3,4)5/h10-14,23H,6-9H2,1-5H3,(H,20,24)(H,26,27)/t11-,12+,13+,14-/m1/s1. The number of hydrogen-bond donors (Lipinski definition) is 3. The van der Waals surface area contributed by atoms with Crippen molar-refractivity contribution >= 4 is 23.9 Å². The van der Waals surface area contributed by atoms with E-state index in [1.54, 1.807) is 34.6 Å². The Morgan fingerprint density at radius 2 is 1.66 bits per heavy atom. The van der Waals surface area contributed by atoms with E-state index in [0.29, 0.717) is 0 Å². The van der Waals surface area contributed by atoms with Gasteiger partial charge in [0.05, 0.1) is 12.6 Å². The summed E-state index contributed by atoms with van der Waals surface area (Å²) in [5.74, 6) is -2.28. The first-order chi connectivity index (χ1) is 13.3. The molecule has 0 radical (unpaired) electrons. The zero-order chi connectivity index (χ0) is 22.1. The number of ether oxygens (including phenoxy) is 1. The minimum atomic E-state index is -1.12. The summed E-state index contributed by atoms with van der Waals surface area (Å²) in [6.07, 6.45) is -1.40. The second-order valence-electron chi connectivity index (χ2n) is 8.98. The van der Waals surface area contributed by atoms with Crippen molar-refractivity contribution in [2.45, 2.75) is 77.3 Å². The maximum atomic E-state index is 12.8. The number of carboxylic acid groups (broad SMARTS) is 1. The third-order valence-corrected chi connectivity index (χ3v) is 4.92. The molecule has 10 nitrogen and oxygen atoms in total. The fourth-order valence-electron chi connectivity index (χ4n) is 3.63. The van der Waals surface area contributed by atoms with Crippen molar-refractivity contribution in [1.29, 1.82) is 0 Å². The van der Waals surface area contributed by atoms with E-state index in [1.807, 2.05) is 0 Å². The average Bonchev–Trinajstić information content (AvgIpc) is 3.16. The maximum Gasteiger partial charge on any atom is 0.411 e. The molecule has 2 fully saturated rings. The largest absolute Gasteiger partial charge is 0.480 e. The lowest BCUT2D eigenvalue weighted by molar-refractivity contribution is -0.149. The van der Waals surface area contributed by atoms with Crippen LogP contribution in [-0.2, 0) is 19.1 Å². The number of carboxylic acids is 1. The van der Waals surface area contributed by atoms with Gasteiger partial charge in [0.15, 0.2) is 0 Å². The number of nitrogens with zero attached hydrogens (tertiary/aromatic N) is 2. The van der Waals surface area contributed by atoms with Crippen LogP contribution in [0.15, 0.2) is 0 Å². The molecule has 29 heavy (non-hydrogen) atoms. The molecule has 0 aromatic carbocycles. The summed E-state index contributed by atoms with van der Waals surface area (Å²) in [5.41, 5.74) is -0.747. The molecule has 0 unspecified atom stereocenters. The van der Waals surface area contributed by atoms with Gasteiger partial charge in [0.1, 0.15) is 17.7 Å². The molecule has 0 aromatic heterocycles. The third-order valence-electron chi connectivity index (χ3n) is 4.92. The van der Waals surface area contributed by atoms with Gasteiger partial charge >= 0.3 is 12.1 Å². The molecule has 10 heteroatoms. The highest BCUT2D eigenvalue weighted by Crippen LogP contribution is 2.24. The molecule has 4 atom stereocenters. The number of β-amino-alcohol motifs (C(OH)–C–C–N with tert-alkyl or cyclic N) is 1. The number of aliphatic carboxylic acids is 1. The van der Waals surface area contributed by atoms with Crippen molar-refractivity contribution in [1.82, 2.24) is 15.1 Å². The summed E-state index contributed by atoms with van der Waals surface area (Å²) in [5, 5.41) is 22.1. The van der Waals surface area contributed by atoms with Crippen molar-refractivity contribution in [2.75, 3.05) is 13.1 Å². The maximum absolute atomic E-state index is 12.8. The third kappa shape index (κ3) is 5.59. The molecule has 2 aliphatic rings. The van der Waals surface area contributed by atoms with Crippen molar-refractivity contribution in [3.8, 4) is 0 Å². The van der Waals surface area contributed by atoms with Crippen LogP contribution >= 0.6 is 0 Å². The predicted octanol–water partition coefficient (Wildman–Crippen LogP) is 0.183. The normalized spacial score (nSPS) is 27.3. The number of aliphatic hydroxyl groups excluding tert-OH is 1. The second kappa shape index (κ2) is 8.56. The fraction of sp³-hybridized carbons (Fsp3) is 0.789. The number of hydrogen-bond acceptors (Lipinski definition) is 6. The van der Waals surface area contributed by atoms with Gasteiger partial charge in [0.2, 0.25) is 11.8 Å². The summed E-state index contributed by atoms with van der Waals surface area (Å²) < 4.78 is 5.31. The molecule has 2 rings (SSSR count). The number of carbonyl (C=O) groups is 4. The highest BCUT2D eigenvalue weighted by molar-refractivity contribution is 5.88. The van der Waals surface area contributed by atoms with Gasteiger partial charge in [-0.1, -0.05) is 13.8 Å². The zero-order valence-corrected chi connectivity index (χ0v) is 17.5. The first-order valence-corrected chi connectivity index (χ1v) is 9.81. The smallest absolute Gasteiger partial charge is 0.411 e. The van der Waals surface area contributed by atoms with Crippen molar-refractivity contribution in [3.05, 3.63) is 0 Å². The zero-order valence-electron chi connectivity index (χ0n) is 17.5. The lowest BCUT2D eigenvalue weighted by Gasteiger charge is -2.28. The van der Waals surface area contributed by atoms with E-state index in [4.69, 9.17) is 4.74 Å². The van der Waals surface area contributed by atoms with E-state index < -0.39 is 47.8 Å². The predicted molar refractivity (Wildman–Crippen MR) is 102 cm³/mol. The van der Waals surface area contributed by atoms with Crippen molar-refractivity contribution < 1.29 is 34.1 Å². The van der Waals surface area contributed by atoms with Gasteiger partial charge in [0, 0.05) is 31.3 Å². The van der Waals surface area contributed by atoms with Gasteiger partial charge in [-0.2, -0.15) is 0 Å². The van der Waals surface area contributed by atoms with Crippen LogP contribution in [0.25, 0.3) is 0 Å². The van der Waals surface area contributed by atoms with Crippen LogP contribution in [0, 0.1) is 5.92 Å². The molecule has 0 spiro atoms. The van der Waals surface area contributed by atoms with Crippen LogP contribution in [0.1, 0.15) is 47.5 Å².